The first-order valence-corrected chi connectivity index (χ1v) is 9.45. The minimum Gasteiger partial charge on any atom is -0.486 e. The number of nitrogens with zero attached hydrogens (tertiary/aromatic N) is 4. The van der Waals surface area contributed by atoms with Crippen molar-refractivity contribution >= 4 is 16.7 Å². The largest absolute Gasteiger partial charge is 0.486 e. The lowest BCUT2D eigenvalue weighted by Gasteiger charge is -2.27. The molecule has 1 aliphatic rings. The number of benzene rings is 1. The number of hydrogen-bond acceptors (Lipinski definition) is 6. The Bertz CT molecular complexity index is 1480. The molecule has 148 valence electrons. The summed E-state index contributed by atoms with van der Waals surface area (Å²) < 4.78 is 14.8. The monoisotopic (exact) mass is 399 g/mol. The van der Waals surface area contributed by atoms with Gasteiger partial charge in [0.25, 0.3) is 5.56 Å². The molecule has 0 saturated heterocycles. The smallest absolute Gasteiger partial charge is 0.267 e. The summed E-state index contributed by atoms with van der Waals surface area (Å²) >= 11 is 0. The summed E-state index contributed by atoms with van der Waals surface area (Å²) in [6.07, 6.45) is 1.31. The molecule has 0 bridgehead atoms. The highest BCUT2D eigenvalue weighted by atomic mass is 16.6. The number of ether oxygens (including phenoxy) is 2. The van der Waals surface area contributed by atoms with Gasteiger partial charge in [-0.15, -0.1) is 0 Å². The van der Waals surface area contributed by atoms with E-state index in [1.54, 1.807) is 16.8 Å². The number of nitriles is 1. The first kappa shape index (κ1) is 17.9. The lowest BCUT2D eigenvalue weighted by molar-refractivity contribution is 0.0783. The fourth-order valence-electron chi connectivity index (χ4n) is 3.66. The predicted octanol–water partition coefficient (Wildman–Crippen LogP) is 2.15. The zero-order valence-corrected chi connectivity index (χ0v) is 16.1. The average Bonchev–Trinajstić information content (AvgIpc) is 2.76. The maximum Gasteiger partial charge on any atom is 0.267 e. The molecule has 0 aliphatic carbocycles. The number of rotatable bonds is 2. The average molecular weight is 399 g/mol. The number of aromatic nitrogens is 3. The van der Waals surface area contributed by atoms with E-state index in [-0.39, 0.29) is 35.1 Å². The van der Waals surface area contributed by atoms with Crippen LogP contribution < -0.4 is 20.5 Å². The molecular formula is C22H17N5O3. The van der Waals surface area contributed by atoms with Crippen molar-refractivity contribution in [3.05, 3.63) is 75.6 Å². The topological polar surface area (TPSA) is 105 Å². The van der Waals surface area contributed by atoms with E-state index in [2.05, 4.69) is 4.98 Å². The normalized spacial score (nSPS) is 15.3. The first-order valence-electron chi connectivity index (χ1n) is 9.45. The Morgan fingerprint density at radius 3 is 2.87 bits per heavy atom. The highest BCUT2D eigenvalue weighted by Crippen LogP contribution is 2.31. The van der Waals surface area contributed by atoms with Crippen molar-refractivity contribution in [1.82, 2.24) is 14.0 Å². The Hall–Kier alpha value is -4.12. The molecule has 0 amide bonds. The van der Waals surface area contributed by atoms with Crippen molar-refractivity contribution in [3.8, 4) is 17.6 Å². The predicted molar refractivity (Wildman–Crippen MR) is 109 cm³/mol. The van der Waals surface area contributed by atoms with Gasteiger partial charge in [-0.2, -0.15) is 5.26 Å². The second-order valence-electron chi connectivity index (χ2n) is 7.22. The molecule has 30 heavy (non-hydrogen) atoms. The van der Waals surface area contributed by atoms with Crippen molar-refractivity contribution in [2.75, 3.05) is 6.61 Å². The van der Waals surface area contributed by atoms with Crippen LogP contribution in [0, 0.1) is 23.7 Å². The van der Waals surface area contributed by atoms with Crippen LogP contribution in [0.3, 0.4) is 0 Å². The summed E-state index contributed by atoms with van der Waals surface area (Å²) in [5.41, 5.74) is 1.54. The molecule has 0 fully saturated rings. The molecule has 1 N–H and O–H groups in total. The summed E-state index contributed by atoms with van der Waals surface area (Å²) in [5.74, 6) is 1.29. The van der Waals surface area contributed by atoms with Crippen LogP contribution in [0.25, 0.3) is 16.7 Å². The summed E-state index contributed by atoms with van der Waals surface area (Å²) in [6.45, 7) is 2.39. The van der Waals surface area contributed by atoms with Gasteiger partial charge in [0.05, 0.1) is 17.5 Å². The van der Waals surface area contributed by atoms with Gasteiger partial charge in [0.1, 0.15) is 29.5 Å². The third-order valence-electron chi connectivity index (χ3n) is 5.13. The van der Waals surface area contributed by atoms with E-state index in [9.17, 15) is 10.1 Å². The van der Waals surface area contributed by atoms with Gasteiger partial charge in [-0.25, -0.2) is 4.98 Å². The fourth-order valence-corrected chi connectivity index (χ4v) is 3.66. The van der Waals surface area contributed by atoms with Crippen LogP contribution in [0.4, 0.5) is 0 Å². The summed E-state index contributed by atoms with van der Waals surface area (Å²) in [7, 11) is 0. The number of nitrogens with one attached hydrogen (secondary N) is 1. The van der Waals surface area contributed by atoms with E-state index >= 15 is 0 Å². The highest BCUT2D eigenvalue weighted by Gasteiger charge is 2.23. The van der Waals surface area contributed by atoms with Crippen LogP contribution in [0.5, 0.6) is 11.5 Å². The third-order valence-corrected chi connectivity index (χ3v) is 5.13. The third kappa shape index (κ3) is 2.79. The Labute approximate surface area is 170 Å². The van der Waals surface area contributed by atoms with E-state index < -0.39 is 6.10 Å². The Morgan fingerprint density at radius 2 is 2.07 bits per heavy atom. The van der Waals surface area contributed by atoms with E-state index in [0.717, 1.165) is 5.56 Å². The molecule has 5 rings (SSSR count). The van der Waals surface area contributed by atoms with Crippen molar-refractivity contribution in [2.24, 2.45) is 0 Å². The molecule has 8 heteroatoms. The van der Waals surface area contributed by atoms with Gasteiger partial charge in [0.2, 0.25) is 0 Å². The highest BCUT2D eigenvalue weighted by molar-refractivity contribution is 5.77. The molecule has 0 saturated carbocycles. The Balaban J connectivity index is 1.69. The Morgan fingerprint density at radius 1 is 1.27 bits per heavy atom. The molecular weight excluding hydrogens is 382 g/mol. The van der Waals surface area contributed by atoms with E-state index in [1.807, 2.05) is 43.3 Å². The summed E-state index contributed by atoms with van der Waals surface area (Å²) in [6, 6.07) is 14.5. The van der Waals surface area contributed by atoms with Crippen LogP contribution in [0.1, 0.15) is 11.1 Å². The summed E-state index contributed by atoms with van der Waals surface area (Å²) in [5, 5.41) is 18.3. The van der Waals surface area contributed by atoms with Gasteiger partial charge >= 0.3 is 0 Å². The maximum atomic E-state index is 13.1. The van der Waals surface area contributed by atoms with Crippen molar-refractivity contribution in [2.45, 2.75) is 19.6 Å². The lowest BCUT2D eigenvalue weighted by atomic mass is 10.2. The number of aryl methyl sites for hydroxylation is 1. The number of fused-ring (bicyclic) bond motifs is 3. The van der Waals surface area contributed by atoms with Gasteiger partial charge in [-0.05, 0) is 36.8 Å². The second kappa shape index (κ2) is 6.74. The zero-order chi connectivity index (χ0) is 20.8. The van der Waals surface area contributed by atoms with E-state index in [1.165, 1.54) is 10.5 Å². The Kier molecular flexibility index (Phi) is 4.03. The first-order chi connectivity index (χ1) is 14.5. The number of pyridine rings is 2. The van der Waals surface area contributed by atoms with Crippen LogP contribution in [0.2, 0.25) is 0 Å². The van der Waals surface area contributed by atoms with Crippen molar-refractivity contribution in [3.63, 3.8) is 0 Å². The standard InChI is InChI=1S/C22H17N5O3/c1-13-6-7-19-25-21-16(22(28)26(19)10-13)8-14(9-23)20(24)27(21)11-15-12-29-17-4-2-3-5-18(17)30-15/h2-8,10,15,24H,11-12H2,1H3/t15-/m1/s1. The lowest BCUT2D eigenvalue weighted by Crippen LogP contribution is -2.38. The van der Waals surface area contributed by atoms with Gasteiger partial charge < -0.3 is 14.0 Å². The molecule has 1 atom stereocenters. The molecule has 1 aromatic carbocycles. The number of hydrogen-bond donors (Lipinski definition) is 1. The molecule has 0 radical (unpaired) electrons. The molecule has 0 unspecified atom stereocenters. The summed E-state index contributed by atoms with van der Waals surface area (Å²) in [4.78, 5) is 17.7. The molecule has 4 aromatic rings. The van der Waals surface area contributed by atoms with Gasteiger partial charge in [0.15, 0.2) is 17.6 Å². The number of para-hydroxylation sites is 2. The van der Waals surface area contributed by atoms with Crippen molar-refractivity contribution < 1.29 is 9.47 Å². The molecule has 4 heterocycles. The fraction of sp³-hybridized carbons (Fsp3) is 0.182. The van der Waals surface area contributed by atoms with Crippen LogP contribution in [0.15, 0.2) is 53.5 Å². The minimum atomic E-state index is -0.399. The van der Waals surface area contributed by atoms with Crippen LogP contribution >= 0.6 is 0 Å². The van der Waals surface area contributed by atoms with Gasteiger partial charge in [0, 0.05) is 6.20 Å². The SMILES string of the molecule is Cc1ccc2nc3c(cc(C#N)c(=N)n3C[C@@H]3COc4ccccc4O3)c(=O)n2c1. The zero-order valence-electron chi connectivity index (χ0n) is 16.1. The van der Waals surface area contributed by atoms with Crippen molar-refractivity contribution in [1.29, 1.82) is 10.7 Å². The molecule has 3 aromatic heterocycles. The van der Waals surface area contributed by atoms with Crippen LogP contribution in [-0.4, -0.2) is 26.7 Å². The van der Waals surface area contributed by atoms with E-state index in [4.69, 9.17) is 14.9 Å². The quantitative estimate of drug-likeness (QED) is 0.520. The minimum absolute atomic E-state index is 0.0178. The molecule has 1 aliphatic heterocycles. The van der Waals surface area contributed by atoms with Gasteiger partial charge in [-0.3, -0.25) is 14.6 Å². The van der Waals surface area contributed by atoms with Gasteiger partial charge in [-0.1, -0.05) is 18.2 Å². The molecule has 0 spiro atoms. The van der Waals surface area contributed by atoms with E-state index in [0.29, 0.717) is 22.8 Å². The molecule has 8 nitrogen and oxygen atoms in total. The van der Waals surface area contributed by atoms with Crippen LogP contribution in [-0.2, 0) is 6.54 Å². The second-order valence-corrected chi connectivity index (χ2v) is 7.22. The maximum absolute atomic E-state index is 13.1.